The van der Waals surface area contributed by atoms with Gasteiger partial charge < -0.3 is 29.5 Å². The summed E-state index contributed by atoms with van der Waals surface area (Å²) in [5, 5.41) is 4.38. The second-order valence-corrected chi connectivity index (χ2v) is 11.5. The van der Waals surface area contributed by atoms with Crippen molar-refractivity contribution < 1.29 is 33.4 Å². The molecule has 0 radical (unpaired) electrons. The first-order valence-corrected chi connectivity index (χ1v) is 15.3. The topological polar surface area (TPSA) is 152 Å². The second kappa shape index (κ2) is 14.6. The Kier molecular flexibility index (Phi) is 10.8. The zero-order valence-electron chi connectivity index (χ0n) is 28.2. The predicted octanol–water partition coefficient (Wildman–Crippen LogP) is 3.09. The fourth-order valence-corrected chi connectivity index (χ4v) is 5.89. The third-order valence-electron chi connectivity index (χ3n) is 8.86. The number of nitrogens with zero attached hydrogens (tertiary/aromatic N) is 1. The summed E-state index contributed by atoms with van der Waals surface area (Å²) in [7, 11) is 4.26. The lowest BCUT2D eigenvalue weighted by Crippen LogP contribution is -2.16. The summed E-state index contributed by atoms with van der Waals surface area (Å²) in [5.41, 5.74) is 8.80. The Balaban J connectivity index is 1.92. The molecule has 4 rings (SSSR count). The number of methoxy groups -OCH3 is 3. The molecule has 2 aromatic heterocycles. The van der Waals surface area contributed by atoms with Crippen molar-refractivity contribution in [3.63, 3.8) is 0 Å². The summed E-state index contributed by atoms with van der Waals surface area (Å²) in [6.45, 7) is 13.2. The number of hydrogen-bond acceptors (Lipinski definition) is 7. The number of esters is 2. The van der Waals surface area contributed by atoms with Crippen LogP contribution < -0.4 is 16.0 Å². The SMILES string of the molecule is C=CC1=C(C)C(=O)N/C1=C\c1[nH]c(/C=c2\[nH]/c(=C\C3=NC(=O)C(C(C)OC)=C3C)c(C)c2CCC(=O)OC)c(CCC(=O)OC)c1C. The molecular weight excluding hydrogens is 600 g/mol. The molecule has 0 spiro atoms. The van der Waals surface area contributed by atoms with Crippen LogP contribution in [0.1, 0.15) is 67.3 Å². The average molecular weight is 643 g/mol. The maximum absolute atomic E-state index is 12.7. The summed E-state index contributed by atoms with van der Waals surface area (Å²) >= 11 is 0. The highest BCUT2D eigenvalue weighted by atomic mass is 16.5. The van der Waals surface area contributed by atoms with Gasteiger partial charge in [-0.15, -0.1) is 0 Å². The van der Waals surface area contributed by atoms with Crippen LogP contribution in [0, 0.1) is 13.8 Å². The minimum Gasteiger partial charge on any atom is -0.469 e. The predicted molar refractivity (Wildman–Crippen MR) is 180 cm³/mol. The number of nitrogens with one attached hydrogen (secondary N) is 3. The molecule has 1 unspecified atom stereocenters. The van der Waals surface area contributed by atoms with Gasteiger partial charge in [-0.2, -0.15) is 0 Å². The lowest BCUT2D eigenvalue weighted by atomic mass is 10.0. The van der Waals surface area contributed by atoms with Gasteiger partial charge in [-0.1, -0.05) is 12.7 Å². The Morgan fingerprint density at radius 3 is 2.06 bits per heavy atom. The van der Waals surface area contributed by atoms with Gasteiger partial charge in [-0.3, -0.25) is 19.2 Å². The molecule has 47 heavy (non-hydrogen) atoms. The third kappa shape index (κ3) is 7.20. The van der Waals surface area contributed by atoms with Gasteiger partial charge in [0, 0.05) is 53.2 Å². The first-order chi connectivity index (χ1) is 22.3. The van der Waals surface area contributed by atoms with Crippen LogP contribution in [0.25, 0.3) is 18.2 Å². The fraction of sp³-hybridized carbons (Fsp3) is 0.361. The Hall–Kier alpha value is -5.03. The summed E-state index contributed by atoms with van der Waals surface area (Å²) in [6.07, 6.45) is 8.02. The molecule has 0 saturated heterocycles. The monoisotopic (exact) mass is 642 g/mol. The number of ether oxygens (including phenoxy) is 3. The maximum atomic E-state index is 12.7. The van der Waals surface area contributed by atoms with Crippen LogP contribution in [0.3, 0.4) is 0 Å². The van der Waals surface area contributed by atoms with E-state index < -0.39 is 6.10 Å². The van der Waals surface area contributed by atoms with Crippen LogP contribution in [0.15, 0.2) is 45.6 Å². The Morgan fingerprint density at radius 1 is 0.830 bits per heavy atom. The quantitative estimate of drug-likeness (QED) is 0.301. The number of amides is 2. The van der Waals surface area contributed by atoms with Crippen LogP contribution in [0.5, 0.6) is 0 Å². The van der Waals surface area contributed by atoms with Crippen LogP contribution in [0.4, 0.5) is 0 Å². The summed E-state index contributed by atoms with van der Waals surface area (Å²) < 4.78 is 15.2. The van der Waals surface area contributed by atoms with Gasteiger partial charge in [0.2, 0.25) is 0 Å². The minimum absolute atomic E-state index is 0.162. The van der Waals surface area contributed by atoms with E-state index >= 15 is 0 Å². The molecular formula is C36H42N4O7. The zero-order valence-corrected chi connectivity index (χ0v) is 28.2. The van der Waals surface area contributed by atoms with Crippen molar-refractivity contribution in [2.24, 2.45) is 4.99 Å². The number of carbonyl (C=O) groups excluding carboxylic acids is 4. The van der Waals surface area contributed by atoms with E-state index in [9.17, 15) is 19.2 Å². The van der Waals surface area contributed by atoms with E-state index in [-0.39, 0.29) is 36.6 Å². The van der Waals surface area contributed by atoms with E-state index in [2.05, 4.69) is 26.9 Å². The number of rotatable bonds is 12. The Labute approximate surface area is 273 Å². The fourth-order valence-electron chi connectivity index (χ4n) is 5.89. The van der Waals surface area contributed by atoms with E-state index in [1.807, 2.05) is 45.9 Å². The molecule has 2 aliphatic rings. The molecule has 1 atom stereocenters. The van der Waals surface area contributed by atoms with Gasteiger partial charge in [-0.25, -0.2) is 4.99 Å². The largest absolute Gasteiger partial charge is 0.469 e. The molecule has 0 aliphatic carbocycles. The van der Waals surface area contributed by atoms with Crippen molar-refractivity contribution in [2.75, 3.05) is 21.3 Å². The van der Waals surface area contributed by atoms with Gasteiger partial charge in [0.15, 0.2) is 0 Å². The number of H-pyrrole nitrogens is 2. The number of hydrogen-bond donors (Lipinski definition) is 3. The molecule has 2 amide bonds. The molecule has 248 valence electrons. The number of aromatic nitrogens is 2. The van der Waals surface area contributed by atoms with Crippen molar-refractivity contribution in [1.29, 1.82) is 0 Å². The highest BCUT2D eigenvalue weighted by Gasteiger charge is 2.27. The third-order valence-corrected chi connectivity index (χ3v) is 8.86. The summed E-state index contributed by atoms with van der Waals surface area (Å²) in [4.78, 5) is 60.7. The van der Waals surface area contributed by atoms with Gasteiger partial charge >= 0.3 is 11.9 Å². The smallest absolute Gasteiger partial charge is 0.305 e. The molecule has 0 bridgehead atoms. The second-order valence-electron chi connectivity index (χ2n) is 11.5. The van der Waals surface area contributed by atoms with E-state index in [1.54, 1.807) is 20.1 Å². The number of allylic oxidation sites excluding steroid dienone is 2. The highest BCUT2D eigenvalue weighted by molar-refractivity contribution is 6.31. The van der Waals surface area contributed by atoms with Crippen LogP contribution in [-0.4, -0.2) is 66.9 Å². The number of carbonyl (C=O) groups is 4. The van der Waals surface area contributed by atoms with Crippen molar-refractivity contribution in [3.05, 3.63) is 85.0 Å². The molecule has 11 nitrogen and oxygen atoms in total. The minimum atomic E-state index is -0.399. The van der Waals surface area contributed by atoms with E-state index in [0.29, 0.717) is 35.4 Å². The van der Waals surface area contributed by atoms with E-state index in [4.69, 9.17) is 14.2 Å². The van der Waals surface area contributed by atoms with Gasteiger partial charge in [0.1, 0.15) is 0 Å². The van der Waals surface area contributed by atoms with Gasteiger partial charge in [-0.05, 0) is 93.5 Å². The molecule has 2 aliphatic heterocycles. The first kappa shape index (κ1) is 34.8. The lowest BCUT2D eigenvalue weighted by molar-refractivity contribution is -0.141. The van der Waals surface area contributed by atoms with Gasteiger partial charge in [0.05, 0.1) is 37.3 Å². The normalized spacial score (nSPS) is 17.2. The molecule has 0 fully saturated rings. The standard InChI is InChI=1S/C36H42N4O7/c1-10-23-20(4)35(43)40-29(23)16-27-19(3)25(12-14-33(42)47-9)31(38-27)17-30-24(11-13-32(41)46-8)18(2)26(37-30)15-28-21(5)34(22(6)45-7)36(44)39-28/h10,15-17,22,37-38H,1,11-14H2,2-9H3,(H,40,43)/b26-15-,29-16-,30-17-. The summed E-state index contributed by atoms with van der Waals surface area (Å²) in [5.74, 6) is -1.19. The molecule has 4 heterocycles. The Bertz CT molecular complexity index is 1910. The molecule has 0 aromatic carbocycles. The maximum Gasteiger partial charge on any atom is 0.305 e. The molecule has 2 aromatic rings. The van der Waals surface area contributed by atoms with E-state index in [0.717, 1.165) is 55.5 Å². The average Bonchev–Trinajstić information content (AvgIpc) is 3.70. The summed E-state index contributed by atoms with van der Waals surface area (Å²) in [6, 6.07) is 0. The molecule has 3 N–H and O–H groups in total. The van der Waals surface area contributed by atoms with Gasteiger partial charge in [0.25, 0.3) is 11.8 Å². The molecule has 11 heteroatoms. The lowest BCUT2D eigenvalue weighted by Gasteiger charge is -2.09. The Morgan fingerprint density at radius 2 is 1.47 bits per heavy atom. The van der Waals surface area contributed by atoms with Crippen molar-refractivity contribution in [2.45, 2.75) is 66.4 Å². The molecule has 0 saturated carbocycles. The van der Waals surface area contributed by atoms with Crippen molar-refractivity contribution in [1.82, 2.24) is 15.3 Å². The van der Waals surface area contributed by atoms with Crippen molar-refractivity contribution >= 4 is 47.7 Å². The highest BCUT2D eigenvalue weighted by Crippen LogP contribution is 2.28. The zero-order chi connectivity index (χ0) is 34.6. The van der Waals surface area contributed by atoms with Crippen LogP contribution >= 0.6 is 0 Å². The number of aromatic amines is 2. The van der Waals surface area contributed by atoms with Crippen molar-refractivity contribution in [3.8, 4) is 0 Å². The van der Waals surface area contributed by atoms with Crippen LogP contribution in [-0.2, 0) is 46.2 Å². The van der Waals surface area contributed by atoms with Crippen LogP contribution in [0.2, 0.25) is 0 Å². The van der Waals surface area contributed by atoms with E-state index in [1.165, 1.54) is 14.2 Å². The first-order valence-electron chi connectivity index (χ1n) is 15.3. The number of aliphatic imine (C=N–C) groups is 1.